The average molecular weight is 464 g/mol. The number of phenolic OH excluding ortho intramolecular Hbond substituents is 1. The highest BCUT2D eigenvalue weighted by molar-refractivity contribution is 6.05. The van der Waals surface area contributed by atoms with Crippen LogP contribution < -0.4 is 15.5 Å². The van der Waals surface area contributed by atoms with Crippen molar-refractivity contribution in [1.29, 1.82) is 0 Å². The van der Waals surface area contributed by atoms with Crippen LogP contribution in [-0.4, -0.2) is 44.2 Å². The third-order valence-corrected chi connectivity index (χ3v) is 6.43. The number of aromatic nitrogens is 4. The zero-order valence-electron chi connectivity index (χ0n) is 19.0. The lowest BCUT2D eigenvalue weighted by Crippen LogP contribution is -2.31. The maximum atomic E-state index is 12.4. The molecule has 0 bridgehead atoms. The summed E-state index contributed by atoms with van der Waals surface area (Å²) in [6, 6.07) is 6.27. The van der Waals surface area contributed by atoms with Crippen molar-refractivity contribution in [3.05, 3.63) is 41.9 Å². The largest absolute Gasteiger partial charge is 0.507 e. The summed E-state index contributed by atoms with van der Waals surface area (Å²) in [5, 5.41) is 19.9. The van der Waals surface area contributed by atoms with Crippen LogP contribution >= 0.6 is 0 Å². The van der Waals surface area contributed by atoms with E-state index >= 15 is 0 Å². The number of rotatable bonds is 6. The number of piperidine rings is 1. The molecule has 3 N–H and O–H groups in total. The molecule has 10 nitrogen and oxygen atoms in total. The van der Waals surface area contributed by atoms with Gasteiger partial charge in [0, 0.05) is 36.8 Å². The van der Waals surface area contributed by atoms with Crippen LogP contribution in [-0.2, 0) is 0 Å². The third kappa shape index (κ3) is 5.11. The average Bonchev–Trinajstić information content (AvgIpc) is 3.38. The van der Waals surface area contributed by atoms with Gasteiger partial charge >= 0.3 is 0 Å². The lowest BCUT2D eigenvalue weighted by molar-refractivity contribution is 0.102. The maximum absolute atomic E-state index is 12.4. The van der Waals surface area contributed by atoms with E-state index in [1.807, 2.05) is 0 Å². The van der Waals surface area contributed by atoms with Crippen molar-refractivity contribution in [1.82, 2.24) is 20.1 Å². The van der Waals surface area contributed by atoms with Gasteiger partial charge in [0.25, 0.3) is 5.91 Å². The number of carbonyl (C=O) groups excluding carboxylic acids is 1. The first-order chi connectivity index (χ1) is 16.7. The molecule has 0 unspecified atom stereocenters. The van der Waals surface area contributed by atoms with Crippen LogP contribution in [0.3, 0.4) is 0 Å². The second-order valence-electron chi connectivity index (χ2n) is 8.90. The summed E-state index contributed by atoms with van der Waals surface area (Å²) in [7, 11) is 0. The molecule has 0 spiro atoms. The number of nitrogens with one attached hydrogen (secondary N) is 2. The van der Waals surface area contributed by atoms with Crippen molar-refractivity contribution in [2.75, 3.05) is 28.6 Å². The van der Waals surface area contributed by atoms with E-state index in [1.54, 1.807) is 12.1 Å². The fourth-order valence-corrected chi connectivity index (χ4v) is 4.61. The predicted octanol–water partition coefficient (Wildman–Crippen LogP) is 4.60. The second-order valence-corrected chi connectivity index (χ2v) is 8.90. The first-order valence-electron chi connectivity index (χ1n) is 12.0. The number of hydrogen-bond donors (Lipinski definition) is 3. The molecule has 1 aromatic carbocycles. The van der Waals surface area contributed by atoms with Gasteiger partial charge in [-0.05, 0) is 44.2 Å². The van der Waals surface area contributed by atoms with E-state index in [2.05, 4.69) is 20.7 Å². The Balaban J connectivity index is 1.38. The lowest BCUT2D eigenvalue weighted by atomic mass is 9.89. The fourth-order valence-electron chi connectivity index (χ4n) is 4.61. The number of phenols is 1. The Hall–Kier alpha value is -3.69. The zero-order chi connectivity index (χ0) is 23.3. The Morgan fingerprint density at radius 3 is 2.53 bits per heavy atom. The molecular formula is C24H29N7O3. The monoisotopic (exact) mass is 463 g/mol. The van der Waals surface area contributed by atoms with Gasteiger partial charge in [0.05, 0.1) is 5.56 Å². The lowest BCUT2D eigenvalue weighted by Gasteiger charge is -2.28. The van der Waals surface area contributed by atoms with Crippen LogP contribution in [0.15, 0.2) is 35.1 Å². The summed E-state index contributed by atoms with van der Waals surface area (Å²) in [6.07, 6.45) is 10.7. The van der Waals surface area contributed by atoms with E-state index in [-0.39, 0.29) is 17.1 Å². The molecule has 3 heterocycles. The molecule has 1 aliphatic heterocycles. The molecule has 10 heteroatoms. The third-order valence-electron chi connectivity index (χ3n) is 6.43. The van der Waals surface area contributed by atoms with Crippen LogP contribution in [0.25, 0.3) is 0 Å². The van der Waals surface area contributed by atoms with Crippen LogP contribution in [0.5, 0.6) is 5.75 Å². The van der Waals surface area contributed by atoms with E-state index in [4.69, 9.17) is 19.5 Å². The van der Waals surface area contributed by atoms with E-state index in [0.29, 0.717) is 23.5 Å². The van der Waals surface area contributed by atoms with Gasteiger partial charge in [-0.2, -0.15) is 15.0 Å². The quantitative estimate of drug-likeness (QED) is 0.480. The predicted molar refractivity (Wildman–Crippen MR) is 128 cm³/mol. The standard InChI is InChI=1S/C24H29N7O3/c32-19-15-17(9-10-18(19)22(33)26-20-11-14-34-30-20)25-23-27-21(16-7-3-1-4-8-16)28-24(29-23)31-12-5-2-6-13-31/h9-11,14-16,32H,1-8,12-13H2,(H,26,30,33)(H,25,27,28,29). The molecule has 1 aliphatic carbocycles. The van der Waals surface area contributed by atoms with Gasteiger partial charge in [0.1, 0.15) is 17.8 Å². The Morgan fingerprint density at radius 1 is 1.00 bits per heavy atom. The van der Waals surface area contributed by atoms with Gasteiger partial charge in [0.15, 0.2) is 5.82 Å². The Bertz CT molecular complexity index is 1090. The van der Waals surface area contributed by atoms with E-state index in [0.717, 1.165) is 44.6 Å². The van der Waals surface area contributed by atoms with Crippen molar-refractivity contribution < 1.29 is 14.4 Å². The molecule has 2 aromatic heterocycles. The molecule has 2 fully saturated rings. The van der Waals surface area contributed by atoms with Crippen LogP contribution in [0.2, 0.25) is 0 Å². The number of carbonyl (C=O) groups is 1. The highest BCUT2D eigenvalue weighted by atomic mass is 16.5. The Kier molecular flexibility index (Phi) is 6.55. The minimum Gasteiger partial charge on any atom is -0.507 e. The molecule has 0 radical (unpaired) electrons. The first-order valence-corrected chi connectivity index (χ1v) is 12.0. The van der Waals surface area contributed by atoms with Crippen LogP contribution in [0.4, 0.5) is 23.4 Å². The topological polar surface area (TPSA) is 129 Å². The summed E-state index contributed by atoms with van der Waals surface area (Å²) in [5.41, 5.74) is 0.710. The molecular weight excluding hydrogens is 434 g/mol. The minimum atomic E-state index is -0.481. The summed E-state index contributed by atoms with van der Waals surface area (Å²) in [5.74, 6) is 1.98. The molecule has 1 saturated carbocycles. The number of amides is 1. The second kappa shape index (κ2) is 10.1. The molecule has 1 amide bonds. The number of hydrogen-bond acceptors (Lipinski definition) is 9. The normalized spacial score (nSPS) is 16.9. The number of nitrogens with zero attached hydrogens (tertiary/aromatic N) is 5. The van der Waals surface area contributed by atoms with Crippen LogP contribution in [0.1, 0.15) is 73.5 Å². The zero-order valence-corrected chi connectivity index (χ0v) is 19.0. The number of benzene rings is 1. The highest BCUT2D eigenvalue weighted by Gasteiger charge is 2.23. The van der Waals surface area contributed by atoms with Crippen LogP contribution in [0, 0.1) is 0 Å². The van der Waals surface area contributed by atoms with Gasteiger partial charge in [-0.1, -0.05) is 24.4 Å². The van der Waals surface area contributed by atoms with Gasteiger partial charge in [-0.3, -0.25) is 4.79 Å². The van der Waals surface area contributed by atoms with Crippen molar-refractivity contribution in [2.45, 2.75) is 57.3 Å². The number of anilines is 4. The summed E-state index contributed by atoms with van der Waals surface area (Å²) < 4.78 is 4.71. The smallest absolute Gasteiger partial charge is 0.260 e. The Morgan fingerprint density at radius 2 is 1.79 bits per heavy atom. The molecule has 2 aliphatic rings. The van der Waals surface area contributed by atoms with Crippen molar-refractivity contribution >= 4 is 29.3 Å². The molecule has 0 atom stereocenters. The summed E-state index contributed by atoms with van der Waals surface area (Å²) in [4.78, 5) is 29.0. The van der Waals surface area contributed by atoms with E-state index in [1.165, 1.54) is 44.1 Å². The van der Waals surface area contributed by atoms with Crippen molar-refractivity contribution in [2.24, 2.45) is 0 Å². The first kappa shape index (κ1) is 22.1. The van der Waals surface area contributed by atoms with Gasteiger partial charge in [-0.15, -0.1) is 0 Å². The molecule has 34 heavy (non-hydrogen) atoms. The van der Waals surface area contributed by atoms with Crippen molar-refractivity contribution in [3.8, 4) is 5.75 Å². The molecule has 178 valence electrons. The number of aromatic hydroxyl groups is 1. The Labute approximate surface area is 197 Å². The molecule has 3 aromatic rings. The SMILES string of the molecule is O=C(Nc1ccon1)c1ccc(Nc2nc(C3CCCCC3)nc(N3CCCCC3)n2)cc1O. The summed E-state index contributed by atoms with van der Waals surface area (Å²) >= 11 is 0. The van der Waals surface area contributed by atoms with Gasteiger partial charge < -0.3 is 25.2 Å². The summed E-state index contributed by atoms with van der Waals surface area (Å²) in [6.45, 7) is 1.90. The minimum absolute atomic E-state index is 0.126. The highest BCUT2D eigenvalue weighted by Crippen LogP contribution is 2.33. The molecule has 5 rings (SSSR count). The molecule has 1 saturated heterocycles. The van der Waals surface area contributed by atoms with E-state index < -0.39 is 5.91 Å². The van der Waals surface area contributed by atoms with Gasteiger partial charge in [0.2, 0.25) is 11.9 Å². The van der Waals surface area contributed by atoms with Gasteiger partial charge in [-0.25, -0.2) is 0 Å². The van der Waals surface area contributed by atoms with Crippen molar-refractivity contribution in [3.63, 3.8) is 0 Å². The maximum Gasteiger partial charge on any atom is 0.260 e. The fraction of sp³-hybridized carbons (Fsp3) is 0.458. The van der Waals surface area contributed by atoms with E-state index in [9.17, 15) is 9.90 Å².